The molecule has 88 valence electrons. The van der Waals surface area contributed by atoms with E-state index in [0.717, 1.165) is 0 Å². The highest BCUT2D eigenvalue weighted by molar-refractivity contribution is 5.23. The van der Waals surface area contributed by atoms with Crippen molar-refractivity contribution >= 4 is 5.82 Å². The molecule has 3 atom stereocenters. The predicted octanol–water partition coefficient (Wildman–Crippen LogP) is -0.922. The van der Waals surface area contributed by atoms with Gasteiger partial charge in [-0.3, -0.25) is 4.57 Å². The normalized spacial score (nSPS) is 29.5. The van der Waals surface area contributed by atoms with Crippen LogP contribution in [-0.4, -0.2) is 34.2 Å². The number of aromatic nitrogens is 2. The van der Waals surface area contributed by atoms with Crippen LogP contribution in [0.3, 0.4) is 0 Å². The lowest BCUT2D eigenvalue weighted by Gasteiger charge is -2.16. The van der Waals surface area contributed by atoms with Crippen LogP contribution in [0.5, 0.6) is 0 Å². The zero-order chi connectivity index (χ0) is 11.7. The number of ether oxygens (including phenoxy) is 2. The predicted molar refractivity (Wildman–Crippen MR) is 54.5 cm³/mol. The number of anilines is 1. The summed E-state index contributed by atoms with van der Waals surface area (Å²) in [5.41, 5.74) is 4.81. The first-order chi connectivity index (χ1) is 7.61. The third-order valence-electron chi connectivity index (χ3n) is 2.44. The van der Waals surface area contributed by atoms with Gasteiger partial charge in [0.25, 0.3) is 0 Å². The molecule has 7 heteroatoms. The Bertz CT molecular complexity index is 433. The maximum atomic E-state index is 11.5. The molecule has 3 N–H and O–H groups in total. The molecule has 1 aromatic rings. The molecule has 1 aliphatic rings. The number of aliphatic hydroxyl groups excluding tert-OH is 1. The molecular weight excluding hydrogens is 214 g/mol. The first-order valence-corrected chi connectivity index (χ1v) is 4.83. The largest absolute Gasteiger partial charge is 0.388 e. The Labute approximate surface area is 91.4 Å². The van der Waals surface area contributed by atoms with Gasteiger partial charge < -0.3 is 20.3 Å². The van der Waals surface area contributed by atoms with E-state index in [1.165, 1.54) is 23.9 Å². The second-order valence-corrected chi connectivity index (χ2v) is 3.54. The number of methoxy groups -OCH3 is 1. The van der Waals surface area contributed by atoms with Gasteiger partial charge in [-0.15, -0.1) is 0 Å². The minimum absolute atomic E-state index is 0.136. The van der Waals surface area contributed by atoms with Crippen molar-refractivity contribution in [2.24, 2.45) is 0 Å². The third-order valence-corrected chi connectivity index (χ3v) is 2.44. The minimum atomic E-state index is -0.798. The van der Waals surface area contributed by atoms with E-state index in [2.05, 4.69) is 4.98 Å². The van der Waals surface area contributed by atoms with Gasteiger partial charge in [-0.1, -0.05) is 0 Å². The Morgan fingerprint density at radius 1 is 1.75 bits per heavy atom. The Morgan fingerprint density at radius 3 is 3.06 bits per heavy atom. The van der Waals surface area contributed by atoms with Crippen molar-refractivity contribution < 1.29 is 14.6 Å². The highest BCUT2D eigenvalue weighted by Crippen LogP contribution is 2.27. The number of nitrogens with two attached hydrogens (primary N) is 1. The fraction of sp³-hybridized carbons (Fsp3) is 0.556. The topological polar surface area (TPSA) is 99.6 Å². The fourth-order valence-corrected chi connectivity index (χ4v) is 1.64. The maximum absolute atomic E-state index is 11.5. The number of rotatable bonds is 2. The molecule has 0 aromatic carbocycles. The lowest BCUT2D eigenvalue weighted by atomic mass is 10.2. The highest BCUT2D eigenvalue weighted by Gasteiger charge is 2.35. The summed E-state index contributed by atoms with van der Waals surface area (Å²) in [5, 5.41) is 9.71. The van der Waals surface area contributed by atoms with Crippen LogP contribution in [0.15, 0.2) is 17.1 Å². The Kier molecular flexibility index (Phi) is 2.90. The zero-order valence-electron chi connectivity index (χ0n) is 8.74. The van der Waals surface area contributed by atoms with Gasteiger partial charge in [0.05, 0.1) is 0 Å². The molecule has 1 saturated heterocycles. The SMILES string of the molecule is CO[C@@H]1CC(O)[C@H](n2ccc(N)nc2=O)O1. The average molecular weight is 227 g/mol. The molecule has 0 radical (unpaired) electrons. The van der Waals surface area contributed by atoms with Crippen LogP contribution in [-0.2, 0) is 9.47 Å². The molecule has 0 amide bonds. The van der Waals surface area contributed by atoms with Gasteiger partial charge in [0.1, 0.15) is 11.9 Å². The second-order valence-electron chi connectivity index (χ2n) is 3.54. The van der Waals surface area contributed by atoms with Gasteiger partial charge in [-0.2, -0.15) is 4.98 Å². The summed E-state index contributed by atoms with van der Waals surface area (Å²) < 4.78 is 11.5. The van der Waals surface area contributed by atoms with E-state index in [1.807, 2.05) is 0 Å². The van der Waals surface area contributed by atoms with E-state index in [-0.39, 0.29) is 5.82 Å². The number of hydrogen-bond donors (Lipinski definition) is 2. The standard InChI is InChI=1S/C9H13N3O4/c1-15-7-4-5(13)8(16-7)12-3-2-6(10)11-9(12)14/h2-3,5,7-8,13H,4H2,1H3,(H2,10,11,14)/t5?,7-,8+/m0/s1. The van der Waals surface area contributed by atoms with Crippen molar-refractivity contribution in [2.45, 2.75) is 25.0 Å². The van der Waals surface area contributed by atoms with Gasteiger partial charge in [0, 0.05) is 19.7 Å². The summed E-state index contributed by atoms with van der Waals surface area (Å²) in [7, 11) is 1.48. The molecule has 7 nitrogen and oxygen atoms in total. The molecular formula is C9H13N3O4. The van der Waals surface area contributed by atoms with Crippen LogP contribution in [0.2, 0.25) is 0 Å². The molecule has 1 aliphatic heterocycles. The first-order valence-electron chi connectivity index (χ1n) is 4.83. The zero-order valence-corrected chi connectivity index (χ0v) is 8.74. The highest BCUT2D eigenvalue weighted by atomic mass is 16.7. The number of hydrogen-bond acceptors (Lipinski definition) is 6. The summed E-state index contributed by atoms with van der Waals surface area (Å²) in [5.74, 6) is 0.136. The summed E-state index contributed by atoms with van der Waals surface area (Å²) >= 11 is 0. The Balaban J connectivity index is 2.28. The van der Waals surface area contributed by atoms with Gasteiger partial charge in [-0.05, 0) is 6.07 Å². The van der Waals surface area contributed by atoms with Crippen molar-refractivity contribution in [2.75, 3.05) is 12.8 Å². The van der Waals surface area contributed by atoms with Crippen LogP contribution in [0.1, 0.15) is 12.6 Å². The molecule has 16 heavy (non-hydrogen) atoms. The minimum Gasteiger partial charge on any atom is -0.388 e. The molecule has 0 spiro atoms. The van der Waals surface area contributed by atoms with E-state index in [1.54, 1.807) is 0 Å². The van der Waals surface area contributed by atoms with Crippen LogP contribution in [0, 0.1) is 0 Å². The molecule has 1 aromatic heterocycles. The lowest BCUT2D eigenvalue weighted by Crippen LogP contribution is -2.31. The summed E-state index contributed by atoms with van der Waals surface area (Å²) in [6, 6.07) is 1.47. The molecule has 0 saturated carbocycles. The number of nitrogens with zero attached hydrogens (tertiary/aromatic N) is 2. The Hall–Kier alpha value is -1.44. The van der Waals surface area contributed by atoms with Gasteiger partial charge in [0.2, 0.25) is 0 Å². The van der Waals surface area contributed by atoms with Crippen LogP contribution < -0.4 is 11.4 Å². The molecule has 2 rings (SSSR count). The fourth-order valence-electron chi connectivity index (χ4n) is 1.64. The smallest absolute Gasteiger partial charge is 0.351 e. The van der Waals surface area contributed by atoms with Crippen LogP contribution in [0.25, 0.3) is 0 Å². The summed E-state index contributed by atoms with van der Waals surface area (Å²) in [6.07, 6.45) is -0.322. The van der Waals surface area contributed by atoms with Crippen molar-refractivity contribution in [1.29, 1.82) is 0 Å². The number of aliphatic hydroxyl groups is 1. The third kappa shape index (κ3) is 1.92. The van der Waals surface area contributed by atoms with Crippen LogP contribution in [0.4, 0.5) is 5.82 Å². The summed E-state index contributed by atoms with van der Waals surface area (Å²) in [6.45, 7) is 0. The van der Waals surface area contributed by atoms with Gasteiger partial charge in [-0.25, -0.2) is 4.79 Å². The summed E-state index contributed by atoms with van der Waals surface area (Å²) in [4.78, 5) is 15.1. The van der Waals surface area contributed by atoms with E-state index in [9.17, 15) is 9.90 Å². The molecule has 0 bridgehead atoms. The van der Waals surface area contributed by atoms with E-state index in [4.69, 9.17) is 15.2 Å². The van der Waals surface area contributed by atoms with E-state index >= 15 is 0 Å². The maximum Gasteiger partial charge on any atom is 0.351 e. The van der Waals surface area contributed by atoms with Crippen molar-refractivity contribution in [3.63, 3.8) is 0 Å². The molecule has 0 aliphatic carbocycles. The average Bonchev–Trinajstić information content (AvgIpc) is 2.60. The second kappa shape index (κ2) is 4.20. The number of nitrogen functional groups attached to an aromatic ring is 1. The van der Waals surface area contributed by atoms with E-state index < -0.39 is 24.3 Å². The first kappa shape index (κ1) is 11.1. The van der Waals surface area contributed by atoms with Crippen molar-refractivity contribution in [3.8, 4) is 0 Å². The van der Waals surface area contributed by atoms with Gasteiger partial charge >= 0.3 is 5.69 Å². The van der Waals surface area contributed by atoms with Crippen LogP contribution >= 0.6 is 0 Å². The van der Waals surface area contributed by atoms with Gasteiger partial charge in [0.15, 0.2) is 12.5 Å². The van der Waals surface area contributed by atoms with Crippen molar-refractivity contribution in [1.82, 2.24) is 9.55 Å². The van der Waals surface area contributed by atoms with Crippen molar-refractivity contribution in [3.05, 3.63) is 22.7 Å². The Morgan fingerprint density at radius 2 is 2.50 bits per heavy atom. The molecule has 2 heterocycles. The quantitative estimate of drug-likeness (QED) is 0.677. The monoisotopic (exact) mass is 227 g/mol. The molecule has 1 fully saturated rings. The van der Waals surface area contributed by atoms with E-state index in [0.29, 0.717) is 6.42 Å². The molecule has 1 unspecified atom stereocenters. The lowest BCUT2D eigenvalue weighted by molar-refractivity contribution is -0.140.